The Morgan fingerprint density at radius 3 is 2.62 bits per heavy atom. The number of rotatable bonds is 5. The highest BCUT2D eigenvalue weighted by Gasteiger charge is 2.07. The molecule has 0 aliphatic rings. The molecular weight excluding hydrogens is 164 g/mol. The van der Waals surface area contributed by atoms with Crippen molar-refractivity contribution in [2.75, 3.05) is 0 Å². The Labute approximate surface area is 78.5 Å². The van der Waals surface area contributed by atoms with Gasteiger partial charge in [0.15, 0.2) is 6.10 Å². The predicted molar refractivity (Wildman–Crippen MR) is 51.5 cm³/mol. The fourth-order valence-corrected chi connectivity index (χ4v) is 1.07. The van der Waals surface area contributed by atoms with Crippen LogP contribution in [0.25, 0.3) is 0 Å². The van der Waals surface area contributed by atoms with Crippen molar-refractivity contribution in [3.05, 3.63) is 30.3 Å². The normalized spacial score (nSPS) is 12.1. The quantitative estimate of drug-likeness (QED) is 0.690. The van der Waals surface area contributed by atoms with E-state index in [1.165, 1.54) is 0 Å². The Balaban J connectivity index is 2.51. The highest BCUT2D eigenvalue weighted by molar-refractivity contribution is 5.57. The number of benzene rings is 1. The summed E-state index contributed by atoms with van der Waals surface area (Å²) < 4.78 is 5.38. The molecule has 0 fully saturated rings. The van der Waals surface area contributed by atoms with E-state index in [0.29, 0.717) is 0 Å². The van der Waals surface area contributed by atoms with Gasteiger partial charge in [0.05, 0.1) is 0 Å². The molecule has 0 bridgehead atoms. The molecule has 1 aromatic rings. The average Bonchev–Trinajstić information content (AvgIpc) is 2.19. The van der Waals surface area contributed by atoms with Gasteiger partial charge in [0.1, 0.15) is 5.75 Å². The molecule has 1 aromatic carbocycles. The largest absolute Gasteiger partial charge is 0.482 e. The summed E-state index contributed by atoms with van der Waals surface area (Å²) in [5.74, 6) is 0.726. The summed E-state index contributed by atoms with van der Waals surface area (Å²) in [4.78, 5) is 10.4. The summed E-state index contributed by atoms with van der Waals surface area (Å²) >= 11 is 0. The molecule has 0 aliphatic heterocycles. The molecule has 1 unspecified atom stereocenters. The van der Waals surface area contributed by atoms with E-state index in [1.54, 1.807) is 0 Å². The first-order chi connectivity index (χ1) is 6.36. The summed E-state index contributed by atoms with van der Waals surface area (Å²) in [6.45, 7) is 2.01. The van der Waals surface area contributed by atoms with Gasteiger partial charge in [-0.2, -0.15) is 0 Å². The second kappa shape index (κ2) is 5.36. The van der Waals surface area contributed by atoms with Crippen LogP contribution >= 0.6 is 0 Å². The van der Waals surface area contributed by atoms with E-state index in [0.717, 1.165) is 18.6 Å². The van der Waals surface area contributed by atoms with Crippen LogP contribution in [0.1, 0.15) is 19.8 Å². The van der Waals surface area contributed by atoms with Crippen molar-refractivity contribution in [2.24, 2.45) is 0 Å². The molecule has 0 heterocycles. The fraction of sp³-hybridized carbons (Fsp3) is 0.364. The number of ether oxygens (including phenoxy) is 1. The number of hydrogen-bond acceptors (Lipinski definition) is 2. The van der Waals surface area contributed by atoms with E-state index in [9.17, 15) is 4.79 Å². The third kappa shape index (κ3) is 3.28. The zero-order valence-corrected chi connectivity index (χ0v) is 7.69. The molecule has 0 amide bonds. The van der Waals surface area contributed by atoms with E-state index in [2.05, 4.69) is 0 Å². The third-order valence-electron chi connectivity index (χ3n) is 1.70. The number of hydrogen-bond donors (Lipinski definition) is 0. The maximum absolute atomic E-state index is 10.4. The molecule has 69 valence electrons. The summed E-state index contributed by atoms with van der Waals surface area (Å²) in [5, 5.41) is 0. The molecule has 0 saturated carbocycles. The van der Waals surface area contributed by atoms with Crippen LogP contribution in [0.3, 0.4) is 0 Å². The maximum Gasteiger partial charge on any atom is 0.242 e. The smallest absolute Gasteiger partial charge is 0.242 e. The maximum atomic E-state index is 10.4. The van der Waals surface area contributed by atoms with Gasteiger partial charge in [-0.05, 0) is 18.6 Å². The highest BCUT2D eigenvalue weighted by atomic mass is 16.5. The van der Waals surface area contributed by atoms with Crippen LogP contribution in [0.2, 0.25) is 0 Å². The number of carbonyl (C=O) groups excluding carboxylic acids is 1. The van der Waals surface area contributed by atoms with Crippen LogP contribution in [0, 0.1) is 0 Å². The molecule has 0 aromatic heterocycles. The SMILES string of the molecule is CCCC([C]=O)Oc1ccccc1. The first-order valence-electron chi connectivity index (χ1n) is 4.46. The van der Waals surface area contributed by atoms with Gasteiger partial charge in [0.25, 0.3) is 0 Å². The zero-order valence-electron chi connectivity index (χ0n) is 7.69. The minimum atomic E-state index is -0.424. The second-order valence-electron chi connectivity index (χ2n) is 2.83. The first kappa shape index (κ1) is 9.78. The fourth-order valence-electron chi connectivity index (χ4n) is 1.07. The summed E-state index contributed by atoms with van der Waals surface area (Å²) in [6, 6.07) is 9.33. The lowest BCUT2D eigenvalue weighted by Gasteiger charge is -2.10. The van der Waals surface area contributed by atoms with Gasteiger partial charge in [-0.25, -0.2) is 0 Å². The molecule has 0 aliphatic carbocycles. The minimum Gasteiger partial charge on any atom is -0.482 e. The van der Waals surface area contributed by atoms with E-state index in [1.807, 2.05) is 43.5 Å². The Bertz CT molecular complexity index is 244. The van der Waals surface area contributed by atoms with Crippen LogP contribution in [0.15, 0.2) is 30.3 Å². The van der Waals surface area contributed by atoms with Crippen LogP contribution in [0.5, 0.6) is 5.75 Å². The van der Waals surface area contributed by atoms with Crippen LogP contribution < -0.4 is 4.74 Å². The van der Waals surface area contributed by atoms with Crippen molar-refractivity contribution in [3.63, 3.8) is 0 Å². The van der Waals surface area contributed by atoms with E-state index < -0.39 is 6.10 Å². The predicted octanol–water partition coefficient (Wildman–Crippen LogP) is 2.34. The van der Waals surface area contributed by atoms with Gasteiger partial charge in [0, 0.05) is 0 Å². The van der Waals surface area contributed by atoms with Crippen LogP contribution in [-0.4, -0.2) is 12.4 Å². The van der Waals surface area contributed by atoms with Crippen molar-refractivity contribution in [1.82, 2.24) is 0 Å². The Morgan fingerprint density at radius 1 is 1.38 bits per heavy atom. The molecular formula is C11H13O2. The second-order valence-corrected chi connectivity index (χ2v) is 2.83. The molecule has 1 radical (unpaired) electrons. The zero-order chi connectivity index (χ0) is 9.52. The molecule has 0 spiro atoms. The third-order valence-corrected chi connectivity index (χ3v) is 1.70. The van der Waals surface area contributed by atoms with Crippen LogP contribution in [0.4, 0.5) is 0 Å². The number of para-hydroxylation sites is 1. The Kier molecular flexibility index (Phi) is 4.03. The molecule has 2 heteroatoms. The van der Waals surface area contributed by atoms with Crippen molar-refractivity contribution in [2.45, 2.75) is 25.9 Å². The summed E-state index contributed by atoms with van der Waals surface area (Å²) in [5.41, 5.74) is 0. The Morgan fingerprint density at radius 2 is 2.08 bits per heavy atom. The van der Waals surface area contributed by atoms with E-state index in [4.69, 9.17) is 4.74 Å². The monoisotopic (exact) mass is 177 g/mol. The molecule has 2 nitrogen and oxygen atoms in total. The highest BCUT2D eigenvalue weighted by Crippen LogP contribution is 2.12. The lowest BCUT2D eigenvalue weighted by molar-refractivity contribution is 0.247. The molecule has 0 N–H and O–H groups in total. The summed E-state index contributed by atoms with van der Waals surface area (Å²) in [7, 11) is 0. The standard InChI is InChI=1S/C11H13O2/c1-2-6-11(9-12)13-10-7-4-3-5-8-10/h3-5,7-8,11H,2,6H2,1H3. The van der Waals surface area contributed by atoms with Crippen molar-refractivity contribution in [1.29, 1.82) is 0 Å². The molecule has 0 saturated heterocycles. The van der Waals surface area contributed by atoms with Crippen molar-refractivity contribution in [3.8, 4) is 5.75 Å². The van der Waals surface area contributed by atoms with Gasteiger partial charge in [-0.3, -0.25) is 4.79 Å². The van der Waals surface area contributed by atoms with Gasteiger partial charge in [0.2, 0.25) is 6.29 Å². The van der Waals surface area contributed by atoms with E-state index in [-0.39, 0.29) is 0 Å². The van der Waals surface area contributed by atoms with Crippen molar-refractivity contribution < 1.29 is 9.53 Å². The van der Waals surface area contributed by atoms with Crippen LogP contribution in [-0.2, 0) is 4.79 Å². The Hall–Kier alpha value is -1.31. The average molecular weight is 177 g/mol. The first-order valence-corrected chi connectivity index (χ1v) is 4.46. The van der Waals surface area contributed by atoms with Gasteiger partial charge < -0.3 is 4.74 Å². The lowest BCUT2D eigenvalue weighted by Crippen LogP contribution is -2.17. The molecule has 13 heavy (non-hydrogen) atoms. The van der Waals surface area contributed by atoms with E-state index >= 15 is 0 Å². The van der Waals surface area contributed by atoms with Gasteiger partial charge >= 0.3 is 0 Å². The minimum absolute atomic E-state index is 0.424. The lowest BCUT2D eigenvalue weighted by atomic mass is 10.2. The van der Waals surface area contributed by atoms with Crippen molar-refractivity contribution >= 4 is 6.29 Å². The van der Waals surface area contributed by atoms with Gasteiger partial charge in [-0.15, -0.1) is 0 Å². The molecule has 1 atom stereocenters. The topological polar surface area (TPSA) is 26.3 Å². The molecule has 1 rings (SSSR count). The van der Waals surface area contributed by atoms with Gasteiger partial charge in [-0.1, -0.05) is 31.5 Å². The summed E-state index contributed by atoms with van der Waals surface area (Å²) in [6.07, 6.45) is 3.10.